The van der Waals surface area contributed by atoms with Gasteiger partial charge in [0.05, 0.1) is 16.3 Å². The van der Waals surface area contributed by atoms with Gasteiger partial charge in [0.2, 0.25) is 5.13 Å². The molecule has 0 unspecified atom stereocenters. The third kappa shape index (κ3) is 3.58. The average molecular weight is 345 g/mol. The van der Waals surface area contributed by atoms with E-state index in [-0.39, 0.29) is 5.69 Å². The highest BCUT2D eigenvalue weighted by atomic mass is 32.1. The summed E-state index contributed by atoms with van der Waals surface area (Å²) in [6.45, 7) is 1.87. The number of hydrogen-bond acceptors (Lipinski definition) is 8. The van der Waals surface area contributed by atoms with Crippen molar-refractivity contribution in [2.45, 2.75) is 6.92 Å². The van der Waals surface area contributed by atoms with Crippen LogP contribution in [0.1, 0.15) is 11.9 Å². The molecule has 0 aliphatic rings. The summed E-state index contributed by atoms with van der Waals surface area (Å²) >= 11 is 2.93. The van der Waals surface area contributed by atoms with E-state index in [1.165, 1.54) is 34.8 Å². The molecule has 3 aromatic rings. The van der Waals surface area contributed by atoms with Gasteiger partial charge in [0, 0.05) is 34.7 Å². The van der Waals surface area contributed by atoms with Gasteiger partial charge in [-0.2, -0.15) is 5.10 Å². The number of rotatable bonds is 5. The van der Waals surface area contributed by atoms with Crippen LogP contribution in [0, 0.1) is 10.1 Å². The molecule has 0 aliphatic heterocycles. The van der Waals surface area contributed by atoms with Crippen molar-refractivity contribution >= 4 is 39.2 Å². The summed E-state index contributed by atoms with van der Waals surface area (Å²) < 4.78 is 0. The first-order chi connectivity index (χ1) is 11.1. The van der Waals surface area contributed by atoms with Crippen LogP contribution in [0.2, 0.25) is 0 Å². The lowest BCUT2D eigenvalue weighted by Crippen LogP contribution is -1.98. The fourth-order valence-corrected chi connectivity index (χ4v) is 3.04. The first kappa shape index (κ1) is 15.3. The van der Waals surface area contributed by atoms with Crippen LogP contribution in [0.4, 0.5) is 10.8 Å². The second-order valence-electron chi connectivity index (χ2n) is 4.49. The van der Waals surface area contributed by atoms with Gasteiger partial charge < -0.3 is 0 Å². The van der Waals surface area contributed by atoms with Crippen molar-refractivity contribution < 1.29 is 4.92 Å². The summed E-state index contributed by atoms with van der Waals surface area (Å²) in [5.74, 6) is 0. The average Bonchev–Trinajstić information content (AvgIpc) is 3.24. The number of nitrogens with one attached hydrogen (secondary N) is 1. The van der Waals surface area contributed by atoms with Gasteiger partial charge in [0.1, 0.15) is 5.01 Å². The van der Waals surface area contributed by atoms with Crippen molar-refractivity contribution in [3.05, 3.63) is 56.3 Å². The van der Waals surface area contributed by atoms with Crippen molar-refractivity contribution in [2.75, 3.05) is 5.43 Å². The monoisotopic (exact) mass is 345 g/mol. The lowest BCUT2D eigenvalue weighted by molar-refractivity contribution is -0.384. The number of benzene rings is 1. The van der Waals surface area contributed by atoms with Crippen molar-refractivity contribution in [2.24, 2.45) is 5.10 Å². The minimum atomic E-state index is -0.423. The molecule has 0 fully saturated rings. The highest BCUT2D eigenvalue weighted by Gasteiger charge is 2.08. The lowest BCUT2D eigenvalue weighted by Gasteiger charge is -1.98. The first-order valence-corrected chi connectivity index (χ1v) is 8.30. The van der Waals surface area contributed by atoms with Crippen LogP contribution in [-0.4, -0.2) is 20.6 Å². The highest BCUT2D eigenvalue weighted by molar-refractivity contribution is 7.14. The molecule has 7 nitrogen and oxygen atoms in total. The Labute approximate surface area is 139 Å². The van der Waals surface area contributed by atoms with Gasteiger partial charge in [0.15, 0.2) is 0 Å². The molecular formula is C14H11N5O2S2. The number of non-ortho nitro benzene ring substituents is 1. The second-order valence-corrected chi connectivity index (χ2v) is 6.24. The number of nitro benzene ring substituents is 1. The topological polar surface area (TPSA) is 93.3 Å². The smallest absolute Gasteiger partial charge is 0.258 e. The Kier molecular flexibility index (Phi) is 4.40. The van der Waals surface area contributed by atoms with Crippen LogP contribution in [0.15, 0.2) is 46.3 Å². The molecule has 2 aromatic heterocycles. The van der Waals surface area contributed by atoms with Crippen LogP contribution in [0.3, 0.4) is 0 Å². The standard InChI is InChI=1S/C14H11N5O2S2/c1-9(13-15-6-7-22-13)17-18-14-16-12(8-23-14)10-2-4-11(5-3-10)19(20)21/h2-8H,1H3,(H,16,18)/b17-9+. The van der Waals surface area contributed by atoms with Crippen molar-refractivity contribution in [1.29, 1.82) is 0 Å². The van der Waals surface area contributed by atoms with E-state index in [0.717, 1.165) is 22.0 Å². The molecule has 0 aliphatic carbocycles. The maximum Gasteiger partial charge on any atom is 0.269 e. The van der Waals surface area contributed by atoms with Crippen LogP contribution in [0.25, 0.3) is 11.3 Å². The molecule has 0 amide bonds. The summed E-state index contributed by atoms with van der Waals surface area (Å²) in [5, 5.41) is 20.2. The third-order valence-corrected chi connectivity index (χ3v) is 4.57. The van der Waals surface area contributed by atoms with E-state index in [1.807, 2.05) is 17.7 Å². The summed E-state index contributed by atoms with van der Waals surface area (Å²) in [5.41, 5.74) is 5.32. The molecule has 0 spiro atoms. The maximum absolute atomic E-state index is 10.7. The van der Waals surface area contributed by atoms with Gasteiger partial charge in [-0.25, -0.2) is 9.97 Å². The van der Waals surface area contributed by atoms with Gasteiger partial charge >= 0.3 is 0 Å². The maximum atomic E-state index is 10.7. The molecule has 1 N–H and O–H groups in total. The van der Waals surface area contributed by atoms with E-state index >= 15 is 0 Å². The zero-order chi connectivity index (χ0) is 16.2. The Morgan fingerprint density at radius 1 is 1.30 bits per heavy atom. The predicted octanol–water partition coefficient (Wildman–Crippen LogP) is 4.01. The molecule has 3 rings (SSSR count). The normalized spacial score (nSPS) is 11.4. The number of thiazole rings is 2. The van der Waals surface area contributed by atoms with E-state index in [0.29, 0.717) is 5.13 Å². The minimum absolute atomic E-state index is 0.0611. The van der Waals surface area contributed by atoms with Gasteiger partial charge in [-0.05, 0) is 19.1 Å². The molecule has 0 atom stereocenters. The van der Waals surface area contributed by atoms with E-state index in [4.69, 9.17) is 0 Å². The number of hydrazone groups is 1. The SMILES string of the molecule is C/C(=N\Nc1nc(-c2ccc([N+](=O)[O-])cc2)cs1)c1nccs1. The fourth-order valence-electron chi connectivity index (χ4n) is 1.79. The molecule has 0 bridgehead atoms. The first-order valence-electron chi connectivity index (χ1n) is 6.54. The van der Waals surface area contributed by atoms with E-state index in [9.17, 15) is 10.1 Å². The predicted molar refractivity (Wildman–Crippen MR) is 92.2 cm³/mol. The Hall–Kier alpha value is -2.65. The second kappa shape index (κ2) is 6.63. The van der Waals surface area contributed by atoms with Gasteiger partial charge in [-0.15, -0.1) is 22.7 Å². The van der Waals surface area contributed by atoms with Crippen LogP contribution < -0.4 is 5.43 Å². The third-order valence-electron chi connectivity index (χ3n) is 2.94. The molecule has 0 saturated carbocycles. The van der Waals surface area contributed by atoms with Crippen LogP contribution in [-0.2, 0) is 0 Å². The number of nitrogens with zero attached hydrogens (tertiary/aromatic N) is 4. The van der Waals surface area contributed by atoms with E-state index < -0.39 is 4.92 Å². The molecule has 2 heterocycles. The number of aromatic nitrogens is 2. The summed E-state index contributed by atoms with van der Waals surface area (Å²) in [6.07, 6.45) is 1.73. The van der Waals surface area contributed by atoms with Crippen molar-refractivity contribution in [3.63, 3.8) is 0 Å². The van der Waals surface area contributed by atoms with Crippen LogP contribution >= 0.6 is 22.7 Å². The fraction of sp³-hybridized carbons (Fsp3) is 0.0714. The molecule has 0 saturated heterocycles. The molecule has 116 valence electrons. The largest absolute Gasteiger partial charge is 0.269 e. The Bertz CT molecular complexity index is 840. The molecule has 0 radical (unpaired) electrons. The molecular weight excluding hydrogens is 334 g/mol. The Balaban J connectivity index is 1.73. The minimum Gasteiger partial charge on any atom is -0.258 e. The highest BCUT2D eigenvalue weighted by Crippen LogP contribution is 2.26. The zero-order valence-corrected chi connectivity index (χ0v) is 13.6. The summed E-state index contributed by atoms with van der Waals surface area (Å²) in [4.78, 5) is 18.8. The zero-order valence-electron chi connectivity index (χ0n) is 12.0. The number of nitro groups is 1. The van der Waals surface area contributed by atoms with Crippen molar-refractivity contribution in [3.8, 4) is 11.3 Å². The molecule has 23 heavy (non-hydrogen) atoms. The van der Waals surface area contributed by atoms with Crippen LogP contribution in [0.5, 0.6) is 0 Å². The lowest BCUT2D eigenvalue weighted by atomic mass is 10.1. The van der Waals surface area contributed by atoms with Crippen molar-refractivity contribution in [1.82, 2.24) is 9.97 Å². The number of anilines is 1. The van der Waals surface area contributed by atoms with Gasteiger partial charge in [0.25, 0.3) is 5.69 Å². The van der Waals surface area contributed by atoms with E-state index in [2.05, 4.69) is 20.5 Å². The number of hydrogen-bond donors (Lipinski definition) is 1. The molecule has 9 heteroatoms. The quantitative estimate of drug-likeness (QED) is 0.428. The Morgan fingerprint density at radius 3 is 2.74 bits per heavy atom. The van der Waals surface area contributed by atoms with E-state index in [1.54, 1.807) is 18.3 Å². The van der Waals surface area contributed by atoms with Gasteiger partial charge in [-0.1, -0.05) is 0 Å². The Morgan fingerprint density at radius 2 is 2.09 bits per heavy atom. The molecule has 1 aromatic carbocycles. The summed E-state index contributed by atoms with van der Waals surface area (Å²) in [6, 6.07) is 6.29. The summed E-state index contributed by atoms with van der Waals surface area (Å²) in [7, 11) is 0. The van der Waals surface area contributed by atoms with Gasteiger partial charge in [-0.3, -0.25) is 15.5 Å².